The molecule has 1 aliphatic rings. The van der Waals surface area contributed by atoms with Gasteiger partial charge in [-0.25, -0.2) is 0 Å². The van der Waals surface area contributed by atoms with Crippen LogP contribution in [0.4, 0.5) is 0 Å². The van der Waals surface area contributed by atoms with Gasteiger partial charge in [0, 0.05) is 25.0 Å². The second-order valence-electron chi connectivity index (χ2n) is 5.58. The third-order valence-corrected chi connectivity index (χ3v) is 4.19. The zero-order chi connectivity index (χ0) is 14.5. The fourth-order valence-electron chi connectivity index (χ4n) is 2.98. The van der Waals surface area contributed by atoms with E-state index in [9.17, 15) is 9.90 Å². The quantitative estimate of drug-likeness (QED) is 0.829. The molecule has 20 heavy (non-hydrogen) atoms. The normalized spacial score (nSPS) is 23.4. The number of aliphatic hydroxyl groups excluding tert-OH is 1. The molecular formula is C15H24N2O3. The highest BCUT2D eigenvalue weighted by molar-refractivity contribution is 5.96. The zero-order valence-corrected chi connectivity index (χ0v) is 12.3. The molecule has 2 rings (SSSR count). The minimum absolute atomic E-state index is 0.0500. The number of nitrogens with one attached hydrogen (secondary N) is 1. The second-order valence-corrected chi connectivity index (χ2v) is 5.58. The molecule has 0 saturated heterocycles. The Morgan fingerprint density at radius 1 is 1.40 bits per heavy atom. The van der Waals surface area contributed by atoms with Gasteiger partial charge < -0.3 is 14.9 Å². The summed E-state index contributed by atoms with van der Waals surface area (Å²) in [4.78, 5) is 12.5. The van der Waals surface area contributed by atoms with Gasteiger partial charge in [-0.15, -0.1) is 0 Å². The molecule has 2 atom stereocenters. The van der Waals surface area contributed by atoms with Gasteiger partial charge in [-0.3, -0.25) is 4.79 Å². The van der Waals surface area contributed by atoms with Crippen LogP contribution in [0.1, 0.15) is 60.8 Å². The summed E-state index contributed by atoms with van der Waals surface area (Å²) in [5.74, 6) is 0.673. The number of rotatable bonds is 4. The van der Waals surface area contributed by atoms with E-state index in [0.717, 1.165) is 25.7 Å². The lowest BCUT2D eigenvalue weighted by Crippen LogP contribution is -2.41. The molecule has 1 aliphatic carbocycles. The molecule has 1 heterocycles. The predicted molar refractivity (Wildman–Crippen MR) is 75.5 cm³/mol. The summed E-state index contributed by atoms with van der Waals surface area (Å²) in [6.45, 7) is 3.86. The van der Waals surface area contributed by atoms with Crippen LogP contribution in [0.2, 0.25) is 0 Å². The summed E-state index contributed by atoms with van der Waals surface area (Å²) in [7, 11) is 0. The van der Waals surface area contributed by atoms with E-state index >= 15 is 0 Å². The summed E-state index contributed by atoms with van der Waals surface area (Å²) >= 11 is 0. The van der Waals surface area contributed by atoms with Crippen LogP contribution in [0.5, 0.6) is 0 Å². The van der Waals surface area contributed by atoms with Crippen LogP contribution in [0.3, 0.4) is 0 Å². The van der Waals surface area contributed by atoms with Gasteiger partial charge in [0.05, 0.1) is 5.69 Å². The van der Waals surface area contributed by atoms with E-state index < -0.39 is 0 Å². The van der Waals surface area contributed by atoms with Crippen molar-refractivity contribution in [2.24, 2.45) is 5.92 Å². The average molecular weight is 280 g/mol. The molecule has 1 aromatic heterocycles. The van der Waals surface area contributed by atoms with E-state index in [4.69, 9.17) is 4.52 Å². The molecule has 1 saturated carbocycles. The minimum Gasteiger partial charge on any atom is -0.396 e. The molecule has 0 aliphatic heterocycles. The number of aliphatic hydroxyl groups is 1. The highest BCUT2D eigenvalue weighted by Crippen LogP contribution is 2.24. The third-order valence-electron chi connectivity index (χ3n) is 4.19. The van der Waals surface area contributed by atoms with Crippen LogP contribution in [-0.4, -0.2) is 28.8 Å². The molecule has 0 aromatic carbocycles. The summed E-state index contributed by atoms with van der Waals surface area (Å²) in [5, 5.41) is 16.5. The Morgan fingerprint density at radius 3 is 2.85 bits per heavy atom. The summed E-state index contributed by atoms with van der Waals surface area (Å²) in [6, 6.07) is 0.0500. The number of carbonyl (C=O) groups is 1. The topological polar surface area (TPSA) is 75.4 Å². The maximum atomic E-state index is 12.5. The van der Waals surface area contributed by atoms with Crippen molar-refractivity contribution in [2.45, 2.75) is 58.4 Å². The first-order chi connectivity index (χ1) is 9.67. The highest BCUT2D eigenvalue weighted by atomic mass is 16.5. The Hall–Kier alpha value is -1.36. The van der Waals surface area contributed by atoms with Gasteiger partial charge in [-0.05, 0) is 19.8 Å². The largest absolute Gasteiger partial charge is 0.396 e. The van der Waals surface area contributed by atoms with Gasteiger partial charge in [-0.1, -0.05) is 31.3 Å². The molecule has 2 N–H and O–H groups in total. The zero-order valence-electron chi connectivity index (χ0n) is 12.3. The monoisotopic (exact) mass is 280 g/mol. The fraction of sp³-hybridized carbons (Fsp3) is 0.733. The van der Waals surface area contributed by atoms with Crippen LogP contribution in [0.25, 0.3) is 0 Å². The van der Waals surface area contributed by atoms with Crippen molar-refractivity contribution in [3.05, 3.63) is 17.0 Å². The van der Waals surface area contributed by atoms with Gasteiger partial charge in [0.2, 0.25) is 0 Å². The first kappa shape index (κ1) is 15.0. The van der Waals surface area contributed by atoms with Crippen molar-refractivity contribution in [2.75, 3.05) is 6.61 Å². The molecule has 1 amide bonds. The predicted octanol–water partition coefficient (Wildman–Crippen LogP) is 2.22. The highest BCUT2D eigenvalue weighted by Gasteiger charge is 2.27. The van der Waals surface area contributed by atoms with Gasteiger partial charge >= 0.3 is 0 Å². The van der Waals surface area contributed by atoms with Crippen molar-refractivity contribution in [3.63, 3.8) is 0 Å². The number of nitrogens with zero attached hydrogens (tertiary/aromatic N) is 1. The molecule has 5 nitrogen and oxygen atoms in total. The molecule has 1 aromatic rings. The molecule has 5 heteroatoms. The maximum absolute atomic E-state index is 12.5. The molecule has 0 radical (unpaired) electrons. The number of aryl methyl sites for hydroxylation is 2. The number of aromatic nitrogens is 1. The standard InChI is InChI=1S/C15H24N2O3/c1-3-13-14(10(2)17-20-13)15(19)16-12-8-6-4-5-7-11(12)9-18/h11-12,18H,3-9H2,1-2H3,(H,16,19)/t11-,12-/m1/s1. The summed E-state index contributed by atoms with van der Waals surface area (Å²) < 4.78 is 5.17. The molecular weight excluding hydrogens is 256 g/mol. The van der Waals surface area contributed by atoms with Crippen molar-refractivity contribution in [3.8, 4) is 0 Å². The van der Waals surface area contributed by atoms with Crippen molar-refractivity contribution < 1.29 is 14.4 Å². The second kappa shape index (κ2) is 6.88. The Kier molecular flexibility index (Phi) is 5.17. The SMILES string of the molecule is CCc1onc(C)c1C(=O)N[C@@H]1CCCCC[C@@H]1CO. The Bertz CT molecular complexity index is 456. The van der Waals surface area contributed by atoms with Gasteiger partial charge in [-0.2, -0.15) is 0 Å². The van der Waals surface area contributed by atoms with E-state index in [-0.39, 0.29) is 24.5 Å². The molecule has 1 fully saturated rings. The van der Waals surface area contributed by atoms with E-state index in [2.05, 4.69) is 10.5 Å². The molecule has 0 unspecified atom stereocenters. The van der Waals surface area contributed by atoms with E-state index in [1.807, 2.05) is 6.92 Å². The van der Waals surface area contributed by atoms with Crippen molar-refractivity contribution in [1.82, 2.24) is 10.5 Å². The van der Waals surface area contributed by atoms with E-state index in [1.165, 1.54) is 6.42 Å². The van der Waals surface area contributed by atoms with Crippen molar-refractivity contribution >= 4 is 5.91 Å². The van der Waals surface area contributed by atoms with Gasteiger partial charge in [0.25, 0.3) is 5.91 Å². The van der Waals surface area contributed by atoms with Gasteiger partial charge in [0.1, 0.15) is 11.3 Å². The fourth-order valence-corrected chi connectivity index (χ4v) is 2.98. The molecule has 0 bridgehead atoms. The number of carbonyl (C=O) groups excluding carboxylic acids is 1. The third kappa shape index (κ3) is 3.20. The average Bonchev–Trinajstić information content (AvgIpc) is 2.68. The number of hydrogen-bond acceptors (Lipinski definition) is 4. The summed E-state index contributed by atoms with van der Waals surface area (Å²) in [5.41, 5.74) is 1.20. The van der Waals surface area contributed by atoms with Crippen LogP contribution < -0.4 is 5.32 Å². The van der Waals surface area contributed by atoms with Crippen LogP contribution in [-0.2, 0) is 6.42 Å². The smallest absolute Gasteiger partial charge is 0.257 e. The molecule has 0 spiro atoms. The Labute approximate surface area is 119 Å². The lowest BCUT2D eigenvalue weighted by molar-refractivity contribution is 0.0897. The first-order valence-corrected chi connectivity index (χ1v) is 7.54. The van der Waals surface area contributed by atoms with Crippen LogP contribution >= 0.6 is 0 Å². The van der Waals surface area contributed by atoms with Crippen LogP contribution in [0.15, 0.2) is 4.52 Å². The lowest BCUT2D eigenvalue weighted by Gasteiger charge is -2.24. The summed E-state index contributed by atoms with van der Waals surface area (Å²) in [6.07, 6.45) is 5.97. The molecule has 112 valence electrons. The van der Waals surface area contributed by atoms with E-state index in [0.29, 0.717) is 23.4 Å². The van der Waals surface area contributed by atoms with Gasteiger partial charge in [0.15, 0.2) is 0 Å². The number of amides is 1. The Balaban J connectivity index is 2.11. The van der Waals surface area contributed by atoms with E-state index in [1.54, 1.807) is 6.92 Å². The van der Waals surface area contributed by atoms with Crippen LogP contribution in [0, 0.1) is 12.8 Å². The first-order valence-electron chi connectivity index (χ1n) is 7.54. The maximum Gasteiger partial charge on any atom is 0.257 e. The minimum atomic E-state index is -0.119. The van der Waals surface area contributed by atoms with Crippen molar-refractivity contribution in [1.29, 1.82) is 0 Å². The lowest BCUT2D eigenvalue weighted by atomic mass is 9.95. The Morgan fingerprint density at radius 2 is 2.15 bits per heavy atom. The number of hydrogen-bond donors (Lipinski definition) is 2.